The Morgan fingerprint density at radius 1 is 1.14 bits per heavy atom. The molecule has 21 heavy (non-hydrogen) atoms. The van der Waals surface area contributed by atoms with Gasteiger partial charge in [-0.2, -0.15) is 0 Å². The molecule has 0 radical (unpaired) electrons. The quantitative estimate of drug-likeness (QED) is 0.854. The second-order valence-corrected chi connectivity index (χ2v) is 5.55. The number of rotatable bonds is 2. The Morgan fingerprint density at radius 3 is 2.71 bits per heavy atom. The first kappa shape index (κ1) is 14.0. The molecule has 0 saturated carbocycles. The Hall–Kier alpha value is -1.94. The third-order valence-electron chi connectivity index (χ3n) is 3.74. The van der Waals surface area contributed by atoms with Gasteiger partial charge < -0.3 is 4.57 Å². The van der Waals surface area contributed by atoms with Crippen LogP contribution in [0.5, 0.6) is 0 Å². The van der Waals surface area contributed by atoms with Gasteiger partial charge in [-0.1, -0.05) is 17.7 Å². The van der Waals surface area contributed by atoms with Crippen LogP contribution in [-0.4, -0.2) is 10.4 Å². The van der Waals surface area contributed by atoms with Crippen LogP contribution in [0.3, 0.4) is 0 Å². The molecule has 0 amide bonds. The van der Waals surface area contributed by atoms with Crippen molar-refractivity contribution in [2.75, 3.05) is 0 Å². The highest BCUT2D eigenvalue weighted by atomic mass is 35.5. The third kappa shape index (κ3) is 2.63. The molecule has 1 aromatic heterocycles. The standard InChI is InChI=1S/C16H13ClFNO2/c17-12-8-10(4-6-13(12)18)9-19-14-2-1-3-15(20)11(14)5-7-16(19)21/h4-8H,1-3,9H2. The van der Waals surface area contributed by atoms with Gasteiger partial charge in [0, 0.05) is 23.7 Å². The van der Waals surface area contributed by atoms with Crippen molar-refractivity contribution in [2.45, 2.75) is 25.8 Å². The normalized spacial score (nSPS) is 14.1. The molecule has 0 spiro atoms. The lowest BCUT2D eigenvalue weighted by molar-refractivity contribution is 0.0970. The minimum atomic E-state index is -0.488. The maximum atomic E-state index is 13.2. The van der Waals surface area contributed by atoms with E-state index in [-0.39, 0.29) is 22.9 Å². The average Bonchev–Trinajstić information content (AvgIpc) is 2.46. The maximum Gasteiger partial charge on any atom is 0.251 e. The molecule has 1 aliphatic rings. The van der Waals surface area contributed by atoms with Crippen molar-refractivity contribution >= 4 is 17.4 Å². The van der Waals surface area contributed by atoms with Crippen molar-refractivity contribution in [2.24, 2.45) is 0 Å². The van der Waals surface area contributed by atoms with Gasteiger partial charge in [-0.25, -0.2) is 4.39 Å². The number of carbonyl (C=O) groups is 1. The summed E-state index contributed by atoms with van der Waals surface area (Å²) >= 11 is 5.77. The van der Waals surface area contributed by atoms with Crippen LogP contribution < -0.4 is 5.56 Å². The Morgan fingerprint density at radius 2 is 1.95 bits per heavy atom. The number of nitrogens with zero attached hydrogens (tertiary/aromatic N) is 1. The zero-order valence-corrected chi connectivity index (χ0v) is 12.0. The van der Waals surface area contributed by atoms with E-state index < -0.39 is 5.82 Å². The summed E-state index contributed by atoms with van der Waals surface area (Å²) in [6.07, 6.45) is 1.97. The van der Waals surface area contributed by atoms with Crippen LogP contribution in [0.1, 0.15) is 34.5 Å². The van der Waals surface area contributed by atoms with Crippen LogP contribution in [0.4, 0.5) is 4.39 Å². The van der Waals surface area contributed by atoms with Gasteiger partial charge in [0.25, 0.3) is 5.56 Å². The highest BCUT2D eigenvalue weighted by Crippen LogP contribution is 2.21. The molecule has 1 aliphatic carbocycles. The highest BCUT2D eigenvalue weighted by Gasteiger charge is 2.20. The second kappa shape index (κ2) is 5.45. The molecule has 1 heterocycles. The van der Waals surface area contributed by atoms with E-state index in [4.69, 9.17) is 11.6 Å². The van der Waals surface area contributed by atoms with Crippen molar-refractivity contribution in [3.8, 4) is 0 Å². The van der Waals surface area contributed by atoms with Gasteiger partial charge in [-0.05, 0) is 36.6 Å². The zero-order valence-electron chi connectivity index (χ0n) is 11.2. The van der Waals surface area contributed by atoms with Crippen molar-refractivity contribution in [3.63, 3.8) is 0 Å². The van der Waals surface area contributed by atoms with E-state index in [1.807, 2.05) is 0 Å². The molecule has 0 unspecified atom stereocenters. The van der Waals surface area contributed by atoms with E-state index in [9.17, 15) is 14.0 Å². The number of aromatic nitrogens is 1. The van der Waals surface area contributed by atoms with E-state index in [0.717, 1.165) is 17.7 Å². The van der Waals surface area contributed by atoms with E-state index in [0.29, 0.717) is 18.4 Å². The van der Waals surface area contributed by atoms with E-state index in [2.05, 4.69) is 0 Å². The SMILES string of the molecule is O=C1CCCc2c1ccc(=O)n2Cc1ccc(F)c(Cl)c1. The molecule has 0 saturated heterocycles. The number of hydrogen-bond donors (Lipinski definition) is 0. The Balaban J connectivity index is 2.06. The van der Waals surface area contributed by atoms with Crippen LogP contribution in [0.2, 0.25) is 5.02 Å². The lowest BCUT2D eigenvalue weighted by Gasteiger charge is -2.20. The summed E-state index contributed by atoms with van der Waals surface area (Å²) in [6, 6.07) is 7.40. The number of pyridine rings is 1. The van der Waals surface area contributed by atoms with Gasteiger partial charge in [0.15, 0.2) is 5.78 Å². The van der Waals surface area contributed by atoms with Crippen molar-refractivity contribution in [1.29, 1.82) is 0 Å². The first-order valence-corrected chi connectivity index (χ1v) is 7.14. The van der Waals surface area contributed by atoms with Gasteiger partial charge in [0.1, 0.15) is 5.82 Å². The number of ketones is 1. The first-order valence-electron chi connectivity index (χ1n) is 6.76. The van der Waals surface area contributed by atoms with Crippen LogP contribution >= 0.6 is 11.6 Å². The molecule has 3 nitrogen and oxygen atoms in total. The van der Waals surface area contributed by atoms with Crippen molar-refractivity contribution in [3.05, 3.63) is 68.3 Å². The molecular formula is C16H13ClFNO2. The molecule has 2 aromatic rings. The number of halogens is 2. The van der Waals surface area contributed by atoms with Gasteiger partial charge >= 0.3 is 0 Å². The largest absolute Gasteiger partial charge is 0.308 e. The monoisotopic (exact) mass is 305 g/mol. The molecule has 0 aliphatic heterocycles. The first-order chi connectivity index (χ1) is 10.1. The molecule has 0 bridgehead atoms. The van der Waals surface area contributed by atoms with E-state index in [1.54, 1.807) is 16.7 Å². The minimum absolute atomic E-state index is 0.0291. The third-order valence-corrected chi connectivity index (χ3v) is 4.03. The number of Topliss-reactive ketones (excluding diaryl/α,β-unsaturated/α-hetero) is 1. The Labute approximate surface area is 126 Å². The van der Waals surface area contributed by atoms with Gasteiger partial charge in [-0.15, -0.1) is 0 Å². The zero-order chi connectivity index (χ0) is 15.0. The Bertz CT molecular complexity index is 782. The van der Waals surface area contributed by atoms with Gasteiger partial charge in [-0.3, -0.25) is 9.59 Å². The van der Waals surface area contributed by atoms with E-state index in [1.165, 1.54) is 18.2 Å². The highest BCUT2D eigenvalue weighted by molar-refractivity contribution is 6.30. The topological polar surface area (TPSA) is 39.1 Å². The maximum absolute atomic E-state index is 13.2. The summed E-state index contributed by atoms with van der Waals surface area (Å²) in [6.45, 7) is 0.287. The number of fused-ring (bicyclic) bond motifs is 1. The molecule has 0 N–H and O–H groups in total. The summed E-state index contributed by atoms with van der Waals surface area (Å²) in [5, 5.41) is 0.0291. The fraction of sp³-hybridized carbons (Fsp3) is 0.250. The predicted molar refractivity (Wildman–Crippen MR) is 78.5 cm³/mol. The summed E-state index contributed by atoms with van der Waals surface area (Å²) in [4.78, 5) is 24.0. The Kier molecular flexibility index (Phi) is 3.64. The number of carbonyl (C=O) groups excluding carboxylic acids is 1. The fourth-order valence-corrected chi connectivity index (χ4v) is 2.89. The number of hydrogen-bond acceptors (Lipinski definition) is 2. The van der Waals surface area contributed by atoms with Crippen LogP contribution in [0, 0.1) is 5.82 Å². The average molecular weight is 306 g/mol. The molecule has 0 atom stereocenters. The van der Waals surface area contributed by atoms with Crippen molar-refractivity contribution in [1.82, 2.24) is 4.57 Å². The smallest absolute Gasteiger partial charge is 0.251 e. The predicted octanol–water partition coefficient (Wildman–Crippen LogP) is 3.21. The van der Waals surface area contributed by atoms with Crippen molar-refractivity contribution < 1.29 is 9.18 Å². The lowest BCUT2D eigenvalue weighted by Crippen LogP contribution is -2.28. The van der Waals surface area contributed by atoms with Crippen LogP contribution in [-0.2, 0) is 13.0 Å². The minimum Gasteiger partial charge on any atom is -0.308 e. The van der Waals surface area contributed by atoms with Gasteiger partial charge in [0.05, 0.1) is 11.6 Å². The molecule has 5 heteroatoms. The lowest BCUT2D eigenvalue weighted by atomic mass is 9.94. The molecular weight excluding hydrogens is 293 g/mol. The summed E-state index contributed by atoms with van der Waals surface area (Å²) < 4.78 is 14.8. The summed E-state index contributed by atoms with van der Waals surface area (Å²) in [5.74, 6) is -0.417. The fourth-order valence-electron chi connectivity index (χ4n) is 2.69. The second-order valence-electron chi connectivity index (χ2n) is 5.14. The van der Waals surface area contributed by atoms with Gasteiger partial charge in [0.2, 0.25) is 0 Å². The summed E-state index contributed by atoms with van der Waals surface area (Å²) in [7, 11) is 0. The van der Waals surface area contributed by atoms with Crippen LogP contribution in [0.25, 0.3) is 0 Å². The number of benzene rings is 1. The molecule has 108 valence electrons. The van der Waals surface area contributed by atoms with Crippen LogP contribution in [0.15, 0.2) is 35.1 Å². The molecule has 0 fully saturated rings. The molecule has 3 rings (SSSR count). The van der Waals surface area contributed by atoms with E-state index >= 15 is 0 Å². The molecule has 1 aromatic carbocycles. The summed E-state index contributed by atoms with van der Waals surface area (Å²) in [5.41, 5.74) is 1.95.